The largest absolute Gasteiger partial charge is 0.333 e. The number of nitrogens with one attached hydrogen (secondary N) is 2. The summed E-state index contributed by atoms with van der Waals surface area (Å²) < 4.78 is 0. The van der Waals surface area contributed by atoms with Crippen LogP contribution in [0.25, 0.3) is 0 Å². The van der Waals surface area contributed by atoms with Crippen LogP contribution < -0.4 is 10.6 Å². The number of rotatable bonds is 6. The van der Waals surface area contributed by atoms with Crippen LogP contribution in [0.1, 0.15) is 13.3 Å². The van der Waals surface area contributed by atoms with E-state index in [1.807, 2.05) is 6.92 Å². The van der Waals surface area contributed by atoms with Crippen LogP contribution in [0.3, 0.4) is 0 Å². The molecule has 1 unspecified atom stereocenters. The molecular formula is C7H13N2O. The van der Waals surface area contributed by atoms with Crippen molar-refractivity contribution in [3.8, 4) is 0 Å². The first kappa shape index (κ1) is 9.17. The van der Waals surface area contributed by atoms with Gasteiger partial charge in [-0.2, -0.15) is 0 Å². The molecule has 2 N–H and O–H groups in total. The maximum absolute atomic E-state index is 9.84. The van der Waals surface area contributed by atoms with Crippen LogP contribution in [0.2, 0.25) is 0 Å². The minimum atomic E-state index is 0.0236. The Kier molecular flexibility index (Phi) is 5.77. The maximum Gasteiger partial charge on any atom is 0.310 e. The molecule has 0 aliphatic rings. The predicted octanol–water partition coefficient (Wildman–Crippen LogP) is 0.155. The van der Waals surface area contributed by atoms with E-state index in [4.69, 9.17) is 0 Å². The lowest BCUT2D eigenvalue weighted by atomic mass is 10.4. The highest BCUT2D eigenvalue weighted by molar-refractivity contribution is 5.47. The Labute approximate surface area is 61.5 Å². The summed E-state index contributed by atoms with van der Waals surface area (Å²) in [6, 6.07) is 0. The van der Waals surface area contributed by atoms with Gasteiger partial charge in [0.25, 0.3) is 0 Å². The van der Waals surface area contributed by atoms with Gasteiger partial charge in [-0.05, 0) is 6.42 Å². The van der Waals surface area contributed by atoms with Crippen LogP contribution in [0.15, 0.2) is 12.7 Å². The molecule has 0 heterocycles. The van der Waals surface area contributed by atoms with Gasteiger partial charge >= 0.3 is 6.41 Å². The molecule has 1 amide bonds. The van der Waals surface area contributed by atoms with Crippen molar-refractivity contribution in [3.05, 3.63) is 12.7 Å². The summed E-state index contributed by atoms with van der Waals surface area (Å²) in [4.78, 5) is 9.84. The Balaban J connectivity index is 3.38. The highest BCUT2D eigenvalue weighted by atomic mass is 16.1. The zero-order chi connectivity index (χ0) is 7.82. The molecule has 0 fully saturated rings. The third-order valence-corrected chi connectivity index (χ3v) is 1.15. The molecule has 0 aliphatic heterocycles. The number of hydrogen-bond donors (Lipinski definition) is 2. The summed E-state index contributed by atoms with van der Waals surface area (Å²) >= 11 is 0. The summed E-state index contributed by atoms with van der Waals surface area (Å²) in [6.45, 7) is 6.22. The van der Waals surface area contributed by atoms with E-state index in [1.54, 1.807) is 12.5 Å². The van der Waals surface area contributed by atoms with E-state index in [-0.39, 0.29) is 6.17 Å². The van der Waals surface area contributed by atoms with Gasteiger partial charge in [-0.1, -0.05) is 13.0 Å². The monoisotopic (exact) mass is 141 g/mol. The number of hydrogen-bond acceptors (Lipinski definition) is 2. The van der Waals surface area contributed by atoms with Crippen molar-refractivity contribution in [1.29, 1.82) is 0 Å². The van der Waals surface area contributed by atoms with Gasteiger partial charge in [0.05, 0.1) is 6.17 Å². The molecule has 3 heteroatoms. The first-order valence-corrected chi connectivity index (χ1v) is 3.32. The fourth-order valence-corrected chi connectivity index (χ4v) is 0.594. The molecule has 0 aromatic rings. The van der Waals surface area contributed by atoms with Crippen LogP contribution in [-0.4, -0.2) is 19.1 Å². The van der Waals surface area contributed by atoms with E-state index in [0.29, 0.717) is 6.54 Å². The summed E-state index contributed by atoms with van der Waals surface area (Å²) in [6.07, 6.45) is 4.25. The fourth-order valence-electron chi connectivity index (χ4n) is 0.594. The summed E-state index contributed by atoms with van der Waals surface area (Å²) in [5.41, 5.74) is 0. The Morgan fingerprint density at radius 2 is 2.50 bits per heavy atom. The van der Waals surface area contributed by atoms with Crippen molar-refractivity contribution in [2.24, 2.45) is 0 Å². The van der Waals surface area contributed by atoms with Crippen molar-refractivity contribution in [1.82, 2.24) is 10.6 Å². The Morgan fingerprint density at radius 1 is 1.80 bits per heavy atom. The van der Waals surface area contributed by atoms with Gasteiger partial charge in [0, 0.05) is 6.54 Å². The van der Waals surface area contributed by atoms with Crippen LogP contribution in [0.4, 0.5) is 0 Å². The van der Waals surface area contributed by atoms with E-state index in [2.05, 4.69) is 17.2 Å². The summed E-state index contributed by atoms with van der Waals surface area (Å²) in [7, 11) is 0. The molecule has 57 valence electrons. The zero-order valence-electron chi connectivity index (χ0n) is 6.18. The van der Waals surface area contributed by atoms with Gasteiger partial charge in [-0.15, -0.1) is 6.58 Å². The van der Waals surface area contributed by atoms with Crippen LogP contribution >= 0.6 is 0 Å². The molecular weight excluding hydrogens is 128 g/mol. The van der Waals surface area contributed by atoms with Gasteiger partial charge in [0.2, 0.25) is 0 Å². The minimum absolute atomic E-state index is 0.0236. The third kappa shape index (κ3) is 4.09. The van der Waals surface area contributed by atoms with Crippen molar-refractivity contribution >= 4 is 6.41 Å². The SMILES string of the molecule is C=CCNC(CC)N[C]=O. The van der Waals surface area contributed by atoms with E-state index in [9.17, 15) is 4.79 Å². The van der Waals surface area contributed by atoms with Crippen molar-refractivity contribution < 1.29 is 4.79 Å². The van der Waals surface area contributed by atoms with E-state index in [1.165, 1.54) is 0 Å². The molecule has 0 aliphatic carbocycles. The van der Waals surface area contributed by atoms with Gasteiger partial charge in [0.1, 0.15) is 0 Å². The van der Waals surface area contributed by atoms with Crippen molar-refractivity contribution in [3.63, 3.8) is 0 Å². The molecule has 0 rings (SSSR count). The molecule has 0 bridgehead atoms. The third-order valence-electron chi connectivity index (χ3n) is 1.15. The van der Waals surface area contributed by atoms with Crippen LogP contribution in [-0.2, 0) is 4.79 Å². The quantitative estimate of drug-likeness (QED) is 0.314. The van der Waals surface area contributed by atoms with Crippen molar-refractivity contribution in [2.45, 2.75) is 19.5 Å². The first-order valence-electron chi connectivity index (χ1n) is 3.32. The normalized spacial score (nSPS) is 12.1. The Hall–Kier alpha value is -0.830. The van der Waals surface area contributed by atoms with Crippen molar-refractivity contribution in [2.75, 3.05) is 6.54 Å². The average molecular weight is 141 g/mol. The van der Waals surface area contributed by atoms with Gasteiger partial charge in [-0.25, -0.2) is 0 Å². The van der Waals surface area contributed by atoms with Gasteiger partial charge in [-0.3, -0.25) is 10.1 Å². The van der Waals surface area contributed by atoms with Gasteiger partial charge < -0.3 is 5.32 Å². The Bertz CT molecular complexity index is 104. The highest BCUT2D eigenvalue weighted by Gasteiger charge is 1.99. The number of amides is 1. The first-order chi connectivity index (χ1) is 4.85. The predicted molar refractivity (Wildman–Crippen MR) is 41.1 cm³/mol. The molecule has 1 atom stereocenters. The lowest BCUT2D eigenvalue weighted by Gasteiger charge is -2.12. The second kappa shape index (κ2) is 6.29. The van der Waals surface area contributed by atoms with Crippen LogP contribution in [0.5, 0.6) is 0 Å². The topological polar surface area (TPSA) is 41.1 Å². The lowest BCUT2D eigenvalue weighted by Crippen LogP contribution is -2.40. The summed E-state index contributed by atoms with van der Waals surface area (Å²) in [5.74, 6) is 0. The molecule has 10 heavy (non-hydrogen) atoms. The molecule has 0 saturated carbocycles. The molecule has 0 aromatic heterocycles. The fraction of sp³-hybridized carbons (Fsp3) is 0.571. The molecule has 1 radical (unpaired) electrons. The highest BCUT2D eigenvalue weighted by Crippen LogP contribution is 1.82. The summed E-state index contributed by atoms with van der Waals surface area (Å²) in [5, 5.41) is 5.53. The zero-order valence-corrected chi connectivity index (χ0v) is 6.18. The second-order valence-corrected chi connectivity index (χ2v) is 1.90. The molecule has 0 aromatic carbocycles. The smallest absolute Gasteiger partial charge is 0.310 e. The minimum Gasteiger partial charge on any atom is -0.333 e. The molecule has 3 nitrogen and oxygen atoms in total. The Morgan fingerprint density at radius 3 is 2.90 bits per heavy atom. The lowest BCUT2D eigenvalue weighted by molar-refractivity contribution is 0.465. The maximum atomic E-state index is 9.84. The van der Waals surface area contributed by atoms with E-state index in [0.717, 1.165) is 6.42 Å². The van der Waals surface area contributed by atoms with E-state index >= 15 is 0 Å². The average Bonchev–Trinajstić information content (AvgIpc) is 1.98. The molecule has 0 saturated heterocycles. The number of carbonyl (C=O) groups excluding carboxylic acids is 1. The standard InChI is InChI=1S/C7H13N2O/c1-3-5-8-7(4-2)9-6-10/h3,7-8H,1,4-5H2,2H3,(H,9,10). The molecule has 0 spiro atoms. The van der Waals surface area contributed by atoms with Crippen LogP contribution in [0, 0.1) is 0 Å². The van der Waals surface area contributed by atoms with E-state index < -0.39 is 0 Å². The van der Waals surface area contributed by atoms with Gasteiger partial charge in [0.15, 0.2) is 0 Å². The second-order valence-electron chi connectivity index (χ2n) is 1.90.